The normalized spacial score (nSPS) is 14.8. The predicted octanol–water partition coefficient (Wildman–Crippen LogP) is 0.394. The highest BCUT2D eigenvalue weighted by Gasteiger charge is 2.15. The lowest BCUT2D eigenvalue weighted by Crippen LogP contribution is -2.44. The molecule has 2 rings (SSSR count). The van der Waals surface area contributed by atoms with Crippen molar-refractivity contribution < 1.29 is 19.2 Å². The fraction of sp³-hybridized carbons (Fsp3) is 0.562. The Labute approximate surface area is 146 Å². The van der Waals surface area contributed by atoms with Crippen LogP contribution < -0.4 is 20.1 Å². The molecule has 0 aromatic heterocycles. The van der Waals surface area contributed by atoms with Gasteiger partial charge in [0.2, 0.25) is 5.75 Å². The Kier molecular flexibility index (Phi) is 7.42. The summed E-state index contributed by atoms with van der Waals surface area (Å²) < 4.78 is 10.3. The minimum absolute atomic E-state index is 0.0962. The Morgan fingerprint density at radius 3 is 2.84 bits per heavy atom. The van der Waals surface area contributed by atoms with Gasteiger partial charge in [0.1, 0.15) is 5.75 Å². The van der Waals surface area contributed by atoms with Crippen molar-refractivity contribution in [1.82, 2.24) is 15.5 Å². The molecule has 138 valence electrons. The summed E-state index contributed by atoms with van der Waals surface area (Å²) in [6.45, 7) is 5.52. The molecule has 1 amide bonds. The van der Waals surface area contributed by atoms with Crippen LogP contribution in [0.4, 0.5) is 5.69 Å². The number of ether oxygens (including phenoxy) is 2. The van der Waals surface area contributed by atoms with Crippen LogP contribution in [0.2, 0.25) is 0 Å². The van der Waals surface area contributed by atoms with Crippen LogP contribution in [0.5, 0.6) is 11.5 Å². The molecule has 9 nitrogen and oxygen atoms in total. The molecule has 0 bridgehead atoms. The van der Waals surface area contributed by atoms with Gasteiger partial charge >= 0.3 is 5.69 Å². The molecule has 0 radical (unpaired) electrons. The van der Waals surface area contributed by atoms with Crippen LogP contribution in [0.3, 0.4) is 0 Å². The van der Waals surface area contributed by atoms with Crippen molar-refractivity contribution in [3.05, 3.63) is 28.3 Å². The van der Waals surface area contributed by atoms with E-state index in [4.69, 9.17) is 9.47 Å². The van der Waals surface area contributed by atoms with E-state index in [1.54, 1.807) is 0 Å². The Hall–Kier alpha value is -2.39. The smallest absolute Gasteiger partial charge is 0.311 e. The molecule has 1 fully saturated rings. The molecule has 2 N–H and O–H groups in total. The molecule has 1 heterocycles. The largest absolute Gasteiger partial charge is 0.490 e. The van der Waals surface area contributed by atoms with E-state index in [0.717, 1.165) is 39.1 Å². The first-order chi connectivity index (χ1) is 12.1. The highest BCUT2D eigenvalue weighted by Crippen LogP contribution is 2.30. The maximum absolute atomic E-state index is 11.8. The number of carbonyl (C=O) groups is 1. The summed E-state index contributed by atoms with van der Waals surface area (Å²) in [5.74, 6) is 0.218. The molecule has 1 aromatic carbocycles. The summed E-state index contributed by atoms with van der Waals surface area (Å²) in [5, 5.41) is 16.9. The summed E-state index contributed by atoms with van der Waals surface area (Å²) in [6, 6.07) is 4.13. The monoisotopic (exact) mass is 352 g/mol. The van der Waals surface area contributed by atoms with Gasteiger partial charge in [0.15, 0.2) is 6.61 Å². The van der Waals surface area contributed by atoms with E-state index in [0.29, 0.717) is 12.3 Å². The molecule has 25 heavy (non-hydrogen) atoms. The molecule has 1 saturated heterocycles. The molecule has 9 heteroatoms. The van der Waals surface area contributed by atoms with Crippen molar-refractivity contribution in [3.63, 3.8) is 0 Å². The van der Waals surface area contributed by atoms with Gasteiger partial charge in [-0.3, -0.25) is 14.9 Å². The van der Waals surface area contributed by atoms with Crippen molar-refractivity contribution in [2.45, 2.75) is 6.42 Å². The van der Waals surface area contributed by atoms with Gasteiger partial charge in [-0.25, -0.2) is 0 Å². The topological polar surface area (TPSA) is 106 Å². The molecule has 0 aliphatic carbocycles. The van der Waals surface area contributed by atoms with Gasteiger partial charge in [-0.2, -0.15) is 0 Å². The van der Waals surface area contributed by atoms with E-state index in [-0.39, 0.29) is 24.0 Å². The molecule has 0 spiro atoms. The molecule has 1 aliphatic rings. The van der Waals surface area contributed by atoms with Gasteiger partial charge in [-0.1, -0.05) is 0 Å². The van der Waals surface area contributed by atoms with E-state index in [1.807, 2.05) is 0 Å². The van der Waals surface area contributed by atoms with E-state index >= 15 is 0 Å². The quantitative estimate of drug-likeness (QED) is 0.376. The third-order valence-electron chi connectivity index (χ3n) is 3.90. The highest BCUT2D eigenvalue weighted by atomic mass is 16.6. The van der Waals surface area contributed by atoms with Crippen molar-refractivity contribution in [2.24, 2.45) is 0 Å². The third kappa shape index (κ3) is 6.20. The zero-order valence-electron chi connectivity index (χ0n) is 14.3. The van der Waals surface area contributed by atoms with E-state index < -0.39 is 4.92 Å². The average Bonchev–Trinajstić information content (AvgIpc) is 2.64. The van der Waals surface area contributed by atoms with Crippen LogP contribution in [0, 0.1) is 10.1 Å². The van der Waals surface area contributed by atoms with Crippen LogP contribution >= 0.6 is 0 Å². The number of carbonyl (C=O) groups excluding carboxylic acids is 1. The van der Waals surface area contributed by atoms with Gasteiger partial charge in [0.05, 0.1) is 12.0 Å². The van der Waals surface area contributed by atoms with E-state index in [1.165, 1.54) is 25.3 Å². The van der Waals surface area contributed by atoms with E-state index in [9.17, 15) is 14.9 Å². The van der Waals surface area contributed by atoms with Gasteiger partial charge in [-0.05, 0) is 19.0 Å². The predicted molar refractivity (Wildman–Crippen MR) is 92.1 cm³/mol. The Balaban J connectivity index is 1.68. The lowest BCUT2D eigenvalue weighted by Gasteiger charge is -2.27. The number of nitrogens with zero attached hydrogens (tertiary/aromatic N) is 2. The van der Waals surface area contributed by atoms with Crippen LogP contribution in [0.15, 0.2) is 18.2 Å². The lowest BCUT2D eigenvalue weighted by atomic mass is 10.3. The molecule has 0 saturated carbocycles. The molecule has 1 aliphatic heterocycles. The van der Waals surface area contributed by atoms with Gasteiger partial charge < -0.3 is 25.0 Å². The minimum atomic E-state index is -0.534. The second-order valence-electron chi connectivity index (χ2n) is 5.67. The number of amides is 1. The number of nitrogens with one attached hydrogen (secondary N) is 2. The van der Waals surface area contributed by atoms with Crippen molar-refractivity contribution >= 4 is 11.6 Å². The summed E-state index contributed by atoms with van der Waals surface area (Å²) in [7, 11) is 1.34. The number of hydrogen-bond acceptors (Lipinski definition) is 7. The molecule has 0 atom stereocenters. The number of hydrogen-bond donors (Lipinski definition) is 2. The van der Waals surface area contributed by atoms with Crippen LogP contribution in [-0.2, 0) is 4.79 Å². The maximum Gasteiger partial charge on any atom is 0.311 e. The number of nitro groups is 1. The summed E-state index contributed by atoms with van der Waals surface area (Å²) >= 11 is 0. The standard InChI is InChI=1S/C16H24N4O5/c1-24-15-11-13(3-4-14(15)20(22)23)25-12-16(21)18-5-2-8-19-9-6-17-7-10-19/h3-4,11,17H,2,5-10,12H2,1H3,(H,18,21). The maximum atomic E-state index is 11.8. The Morgan fingerprint density at radius 2 is 2.16 bits per heavy atom. The lowest BCUT2D eigenvalue weighted by molar-refractivity contribution is -0.385. The van der Waals surface area contributed by atoms with Gasteiger partial charge in [-0.15, -0.1) is 0 Å². The Bertz CT molecular complexity index is 590. The SMILES string of the molecule is COc1cc(OCC(=O)NCCCN2CCNCC2)ccc1[N+](=O)[O-]. The van der Waals surface area contributed by atoms with Gasteiger partial charge in [0.25, 0.3) is 5.91 Å². The fourth-order valence-electron chi connectivity index (χ4n) is 2.56. The molecular formula is C16H24N4O5. The molecular weight excluding hydrogens is 328 g/mol. The first-order valence-corrected chi connectivity index (χ1v) is 8.25. The first kappa shape index (κ1) is 18.9. The average molecular weight is 352 g/mol. The fourth-order valence-corrected chi connectivity index (χ4v) is 2.56. The summed E-state index contributed by atoms with van der Waals surface area (Å²) in [6.07, 6.45) is 0.886. The summed E-state index contributed by atoms with van der Waals surface area (Å²) in [4.78, 5) is 24.5. The van der Waals surface area contributed by atoms with Crippen LogP contribution in [0.1, 0.15) is 6.42 Å². The van der Waals surface area contributed by atoms with Crippen LogP contribution in [-0.4, -0.2) is 68.7 Å². The molecule has 1 aromatic rings. The van der Waals surface area contributed by atoms with E-state index in [2.05, 4.69) is 15.5 Å². The second-order valence-corrected chi connectivity index (χ2v) is 5.67. The summed E-state index contributed by atoms with van der Waals surface area (Å²) in [5.41, 5.74) is -0.146. The van der Waals surface area contributed by atoms with Crippen LogP contribution in [0.25, 0.3) is 0 Å². The first-order valence-electron chi connectivity index (χ1n) is 8.25. The minimum Gasteiger partial charge on any atom is -0.490 e. The Morgan fingerprint density at radius 1 is 1.40 bits per heavy atom. The number of nitro benzene ring substituents is 1. The van der Waals surface area contributed by atoms with Crippen molar-refractivity contribution in [2.75, 3.05) is 53.0 Å². The molecule has 0 unspecified atom stereocenters. The van der Waals surface area contributed by atoms with Crippen molar-refractivity contribution in [3.8, 4) is 11.5 Å². The zero-order chi connectivity index (χ0) is 18.1. The zero-order valence-corrected chi connectivity index (χ0v) is 14.3. The number of rotatable bonds is 9. The number of piperazine rings is 1. The van der Waals surface area contributed by atoms with Gasteiger partial charge in [0, 0.05) is 44.9 Å². The number of methoxy groups -OCH3 is 1. The third-order valence-corrected chi connectivity index (χ3v) is 3.90. The highest BCUT2D eigenvalue weighted by molar-refractivity contribution is 5.77. The number of benzene rings is 1. The van der Waals surface area contributed by atoms with Crippen molar-refractivity contribution in [1.29, 1.82) is 0 Å². The second kappa shape index (κ2) is 9.80.